The molecule has 1 aromatic carbocycles. The first-order valence-electron chi connectivity index (χ1n) is 8.26. The molecule has 3 aromatic rings. The fraction of sp³-hybridized carbons (Fsp3) is 0.438. The maximum Gasteiger partial charge on any atom is 0.234 e. The van der Waals surface area contributed by atoms with Crippen LogP contribution in [0.2, 0.25) is 0 Å². The number of nitrogens with zero attached hydrogens (tertiary/aromatic N) is 5. The van der Waals surface area contributed by atoms with Crippen molar-refractivity contribution in [3.05, 3.63) is 35.1 Å². The summed E-state index contributed by atoms with van der Waals surface area (Å²) in [5, 5.41) is 14.1. The highest BCUT2D eigenvalue weighted by molar-refractivity contribution is 7.16. The van der Waals surface area contributed by atoms with E-state index in [1.54, 1.807) is 0 Å². The van der Waals surface area contributed by atoms with Crippen LogP contribution in [0.4, 0.5) is 0 Å². The lowest BCUT2D eigenvalue weighted by molar-refractivity contribution is 0.0327. The number of para-hydroxylation sites is 2. The van der Waals surface area contributed by atoms with E-state index in [4.69, 9.17) is 14.2 Å². The summed E-state index contributed by atoms with van der Waals surface area (Å²) in [6, 6.07) is 7.68. The van der Waals surface area contributed by atoms with Crippen molar-refractivity contribution in [3.8, 4) is 11.5 Å². The van der Waals surface area contributed by atoms with Crippen molar-refractivity contribution in [2.75, 3.05) is 32.9 Å². The van der Waals surface area contributed by atoms with Crippen LogP contribution < -0.4 is 9.47 Å². The molecular formula is C16H17N5O3S. The molecule has 1 saturated heterocycles. The highest BCUT2D eigenvalue weighted by atomic mass is 32.1. The van der Waals surface area contributed by atoms with Crippen LogP contribution in [0.25, 0.3) is 4.96 Å². The molecule has 0 bridgehead atoms. The Labute approximate surface area is 147 Å². The van der Waals surface area contributed by atoms with E-state index < -0.39 is 0 Å². The topological polar surface area (TPSA) is 74.0 Å². The molecule has 1 atom stereocenters. The zero-order valence-electron chi connectivity index (χ0n) is 13.5. The molecule has 0 unspecified atom stereocenters. The van der Waals surface area contributed by atoms with Gasteiger partial charge in [0.2, 0.25) is 4.96 Å². The van der Waals surface area contributed by atoms with Crippen molar-refractivity contribution < 1.29 is 14.2 Å². The molecule has 1 fully saturated rings. The van der Waals surface area contributed by atoms with Gasteiger partial charge in [-0.05, 0) is 12.1 Å². The normalized spacial score (nSPS) is 20.9. The van der Waals surface area contributed by atoms with Crippen molar-refractivity contribution in [2.45, 2.75) is 12.6 Å². The number of ether oxygens (including phenoxy) is 3. The van der Waals surface area contributed by atoms with Crippen LogP contribution >= 0.6 is 11.3 Å². The molecule has 4 heterocycles. The average Bonchev–Trinajstić information content (AvgIpc) is 3.24. The number of hydrogen-bond acceptors (Lipinski definition) is 8. The Bertz CT molecular complexity index is 889. The third kappa shape index (κ3) is 2.84. The fourth-order valence-corrected chi connectivity index (χ4v) is 3.87. The maximum absolute atomic E-state index is 6.04. The molecule has 0 amide bonds. The van der Waals surface area contributed by atoms with Gasteiger partial charge in [-0.3, -0.25) is 4.90 Å². The van der Waals surface area contributed by atoms with Crippen LogP contribution in [0, 0.1) is 0 Å². The van der Waals surface area contributed by atoms with Gasteiger partial charge in [-0.2, -0.15) is 9.61 Å². The van der Waals surface area contributed by atoms with Crippen LogP contribution in [-0.4, -0.2) is 57.6 Å². The fourth-order valence-electron chi connectivity index (χ4n) is 3.00. The lowest BCUT2D eigenvalue weighted by atomic mass is 10.3. The van der Waals surface area contributed by atoms with E-state index in [9.17, 15) is 0 Å². The third-order valence-electron chi connectivity index (χ3n) is 4.32. The largest absolute Gasteiger partial charge is 0.485 e. The van der Waals surface area contributed by atoms with Gasteiger partial charge >= 0.3 is 0 Å². The van der Waals surface area contributed by atoms with E-state index in [-0.39, 0.29) is 6.10 Å². The van der Waals surface area contributed by atoms with Crippen molar-refractivity contribution in [1.29, 1.82) is 0 Å². The molecule has 9 heteroatoms. The van der Waals surface area contributed by atoms with Crippen LogP contribution in [0.1, 0.15) is 16.9 Å². The molecule has 0 spiro atoms. The Morgan fingerprint density at radius 1 is 1.12 bits per heavy atom. The Morgan fingerprint density at radius 3 is 2.84 bits per heavy atom. The van der Waals surface area contributed by atoms with Gasteiger partial charge in [-0.15, -0.1) is 10.2 Å². The van der Waals surface area contributed by atoms with Gasteiger partial charge in [0, 0.05) is 13.1 Å². The van der Waals surface area contributed by atoms with E-state index >= 15 is 0 Å². The molecule has 2 aromatic heterocycles. The number of aromatic nitrogens is 4. The summed E-state index contributed by atoms with van der Waals surface area (Å²) in [7, 11) is 0. The minimum atomic E-state index is -0.224. The molecule has 0 radical (unpaired) electrons. The van der Waals surface area contributed by atoms with E-state index in [0.717, 1.165) is 60.1 Å². The lowest BCUT2D eigenvalue weighted by Crippen LogP contribution is -2.36. The maximum atomic E-state index is 6.04. The first kappa shape index (κ1) is 15.1. The number of morpholine rings is 1. The third-order valence-corrected chi connectivity index (χ3v) is 5.31. The number of fused-ring (bicyclic) bond motifs is 2. The second-order valence-electron chi connectivity index (χ2n) is 6.00. The summed E-state index contributed by atoms with van der Waals surface area (Å²) < 4.78 is 19.0. The second kappa shape index (κ2) is 6.25. The van der Waals surface area contributed by atoms with Crippen LogP contribution in [0.3, 0.4) is 0 Å². The Hall–Kier alpha value is -2.23. The summed E-state index contributed by atoms with van der Waals surface area (Å²) in [5.74, 6) is 2.37. The molecular weight excluding hydrogens is 342 g/mol. The first-order chi connectivity index (χ1) is 12.4. The highest BCUT2D eigenvalue weighted by Gasteiger charge is 2.27. The Morgan fingerprint density at radius 2 is 1.96 bits per heavy atom. The van der Waals surface area contributed by atoms with Gasteiger partial charge in [-0.1, -0.05) is 23.5 Å². The number of hydrogen-bond donors (Lipinski definition) is 0. The molecule has 2 aliphatic rings. The molecule has 0 saturated carbocycles. The molecule has 0 aliphatic carbocycles. The van der Waals surface area contributed by atoms with Gasteiger partial charge in [-0.25, -0.2) is 0 Å². The minimum Gasteiger partial charge on any atom is -0.485 e. The van der Waals surface area contributed by atoms with Gasteiger partial charge in [0.25, 0.3) is 0 Å². The predicted molar refractivity (Wildman–Crippen MR) is 90.1 cm³/mol. The lowest BCUT2D eigenvalue weighted by Gasteiger charge is -2.25. The van der Waals surface area contributed by atoms with Gasteiger partial charge < -0.3 is 14.2 Å². The van der Waals surface area contributed by atoms with E-state index in [2.05, 4.69) is 20.2 Å². The summed E-state index contributed by atoms with van der Waals surface area (Å²) in [6.07, 6.45) is -0.224. The van der Waals surface area contributed by atoms with Crippen LogP contribution in [0.5, 0.6) is 11.5 Å². The molecule has 5 rings (SSSR count). The molecule has 2 aliphatic heterocycles. The smallest absolute Gasteiger partial charge is 0.234 e. The number of rotatable bonds is 3. The number of benzene rings is 1. The van der Waals surface area contributed by atoms with Crippen molar-refractivity contribution in [2.24, 2.45) is 0 Å². The SMILES string of the molecule is c1ccc2c(c1)OC[C@@H](c1nn3c(CN4CCOCC4)nnc3s1)O2. The molecule has 130 valence electrons. The van der Waals surface area contributed by atoms with Gasteiger partial charge in [0.15, 0.2) is 28.4 Å². The Kier molecular flexibility index (Phi) is 3.76. The van der Waals surface area contributed by atoms with Crippen molar-refractivity contribution in [3.63, 3.8) is 0 Å². The van der Waals surface area contributed by atoms with Gasteiger partial charge in [0.05, 0.1) is 19.8 Å². The zero-order chi connectivity index (χ0) is 16.6. The van der Waals surface area contributed by atoms with Crippen molar-refractivity contribution in [1.82, 2.24) is 24.7 Å². The molecule has 25 heavy (non-hydrogen) atoms. The summed E-state index contributed by atoms with van der Waals surface area (Å²) >= 11 is 1.49. The zero-order valence-corrected chi connectivity index (χ0v) is 14.3. The summed E-state index contributed by atoms with van der Waals surface area (Å²) in [4.78, 5) is 3.08. The van der Waals surface area contributed by atoms with Crippen molar-refractivity contribution >= 4 is 16.3 Å². The van der Waals surface area contributed by atoms with Crippen LogP contribution in [0.15, 0.2) is 24.3 Å². The second-order valence-corrected chi connectivity index (χ2v) is 6.99. The van der Waals surface area contributed by atoms with E-state index in [0.29, 0.717) is 6.61 Å². The van der Waals surface area contributed by atoms with Crippen LogP contribution in [-0.2, 0) is 11.3 Å². The summed E-state index contributed by atoms with van der Waals surface area (Å²) in [6.45, 7) is 4.50. The average molecular weight is 359 g/mol. The van der Waals surface area contributed by atoms with Gasteiger partial charge in [0.1, 0.15) is 6.61 Å². The van der Waals surface area contributed by atoms with E-state index in [1.165, 1.54) is 11.3 Å². The molecule has 0 N–H and O–H groups in total. The predicted octanol–water partition coefficient (Wildman–Crippen LogP) is 1.53. The monoisotopic (exact) mass is 359 g/mol. The quantitative estimate of drug-likeness (QED) is 0.702. The highest BCUT2D eigenvalue weighted by Crippen LogP contribution is 2.36. The summed E-state index contributed by atoms with van der Waals surface area (Å²) in [5.41, 5.74) is 0. The standard InChI is InChI=1S/C16H17N5O3S/c1-2-4-12-11(3-1)23-10-13(24-12)15-19-21-14(17-18-16(21)25-15)9-20-5-7-22-8-6-20/h1-4,13H,5-10H2/t13-/m0/s1. The van der Waals surface area contributed by atoms with E-state index in [1.807, 2.05) is 28.8 Å². The molecule has 8 nitrogen and oxygen atoms in total. The first-order valence-corrected chi connectivity index (χ1v) is 9.08. The Balaban J connectivity index is 1.38. The minimum absolute atomic E-state index is 0.224.